The molecule has 10 nitrogen and oxygen atoms in total. The van der Waals surface area contributed by atoms with Crippen molar-refractivity contribution in [3.05, 3.63) is 41.9 Å². The SMILES string of the molecule is CCNC(=NCc1cccnc1OC)N1CCN(S(=O)(=O)Cc2ccon2)CC1.I. The van der Waals surface area contributed by atoms with E-state index < -0.39 is 10.0 Å². The molecule has 0 amide bonds. The Morgan fingerprint density at radius 2 is 2.07 bits per heavy atom. The van der Waals surface area contributed by atoms with Crippen molar-refractivity contribution in [2.45, 2.75) is 19.2 Å². The van der Waals surface area contributed by atoms with E-state index in [2.05, 4.69) is 25.3 Å². The number of ether oxygens (including phenoxy) is 1. The molecule has 3 rings (SSSR count). The molecule has 2 aromatic rings. The number of nitrogens with zero attached hydrogens (tertiary/aromatic N) is 5. The number of aromatic nitrogens is 2. The summed E-state index contributed by atoms with van der Waals surface area (Å²) in [6.07, 6.45) is 3.05. The topological polar surface area (TPSA) is 113 Å². The second-order valence-corrected chi connectivity index (χ2v) is 8.44. The number of pyridine rings is 1. The highest BCUT2D eigenvalue weighted by atomic mass is 127. The number of hydrogen-bond donors (Lipinski definition) is 1. The normalized spacial score (nSPS) is 15.5. The Bertz CT molecular complexity index is 915. The standard InChI is InChI=1S/C18H26N6O4S.HI/c1-3-19-18(21-13-15-5-4-7-20-17(15)27-2)23-8-10-24(11-9-23)29(25,26)14-16-6-12-28-22-16;/h4-7,12H,3,8-11,13-14H2,1-2H3,(H,19,21);1H. The average Bonchev–Trinajstić information content (AvgIpc) is 3.23. The first-order valence-corrected chi connectivity index (χ1v) is 11.0. The molecule has 12 heteroatoms. The van der Waals surface area contributed by atoms with Crippen LogP contribution >= 0.6 is 24.0 Å². The maximum Gasteiger partial charge on any atom is 0.220 e. The molecule has 1 N–H and O–H groups in total. The summed E-state index contributed by atoms with van der Waals surface area (Å²) in [4.78, 5) is 10.9. The molecule has 30 heavy (non-hydrogen) atoms. The van der Waals surface area contributed by atoms with E-state index in [1.165, 1.54) is 10.6 Å². The minimum Gasteiger partial charge on any atom is -0.481 e. The van der Waals surface area contributed by atoms with Crippen molar-refractivity contribution in [2.24, 2.45) is 4.99 Å². The lowest BCUT2D eigenvalue weighted by atomic mass is 10.3. The summed E-state index contributed by atoms with van der Waals surface area (Å²) in [5, 5.41) is 6.97. The van der Waals surface area contributed by atoms with E-state index in [-0.39, 0.29) is 29.7 Å². The van der Waals surface area contributed by atoms with Crippen LogP contribution < -0.4 is 10.1 Å². The third-order valence-electron chi connectivity index (χ3n) is 4.53. The van der Waals surface area contributed by atoms with Crippen molar-refractivity contribution in [2.75, 3.05) is 39.8 Å². The number of aliphatic imine (C=N–C) groups is 1. The molecule has 1 saturated heterocycles. The Kier molecular flexibility index (Phi) is 9.30. The van der Waals surface area contributed by atoms with Gasteiger partial charge in [0.2, 0.25) is 15.9 Å². The summed E-state index contributed by atoms with van der Waals surface area (Å²) in [7, 11) is -1.85. The Morgan fingerprint density at radius 3 is 2.70 bits per heavy atom. The van der Waals surface area contributed by atoms with Gasteiger partial charge in [-0.25, -0.2) is 18.4 Å². The van der Waals surface area contributed by atoms with Crippen molar-refractivity contribution in [3.63, 3.8) is 0 Å². The van der Waals surface area contributed by atoms with Crippen LogP contribution in [0.4, 0.5) is 0 Å². The van der Waals surface area contributed by atoms with E-state index in [1.54, 1.807) is 19.4 Å². The van der Waals surface area contributed by atoms with Crippen molar-refractivity contribution >= 4 is 40.0 Å². The van der Waals surface area contributed by atoms with Gasteiger partial charge >= 0.3 is 0 Å². The van der Waals surface area contributed by atoms with Crippen LogP contribution in [0.25, 0.3) is 0 Å². The van der Waals surface area contributed by atoms with Gasteiger partial charge in [0, 0.05) is 50.6 Å². The Hall–Kier alpha value is -1.93. The van der Waals surface area contributed by atoms with Gasteiger partial charge < -0.3 is 19.5 Å². The van der Waals surface area contributed by atoms with Crippen molar-refractivity contribution in [1.29, 1.82) is 0 Å². The molecule has 0 bridgehead atoms. The van der Waals surface area contributed by atoms with Crippen LogP contribution in [-0.4, -0.2) is 73.6 Å². The van der Waals surface area contributed by atoms with Crippen LogP contribution in [0.1, 0.15) is 18.2 Å². The average molecular weight is 550 g/mol. The molecule has 1 fully saturated rings. The van der Waals surface area contributed by atoms with Gasteiger partial charge in [-0.05, 0) is 13.0 Å². The number of rotatable bonds is 7. The van der Waals surface area contributed by atoms with Gasteiger partial charge in [-0.2, -0.15) is 4.31 Å². The number of piperazine rings is 1. The zero-order valence-corrected chi connectivity index (χ0v) is 20.2. The van der Waals surface area contributed by atoms with Crippen molar-refractivity contribution < 1.29 is 17.7 Å². The van der Waals surface area contributed by atoms with Crippen LogP contribution in [0, 0.1) is 0 Å². The number of nitrogens with one attached hydrogen (secondary N) is 1. The quantitative estimate of drug-likeness (QED) is 0.312. The summed E-state index contributed by atoms with van der Waals surface area (Å²) in [5.74, 6) is 1.14. The van der Waals surface area contributed by atoms with Gasteiger partial charge in [0.1, 0.15) is 12.0 Å². The van der Waals surface area contributed by atoms with E-state index in [4.69, 9.17) is 9.26 Å². The molecule has 3 heterocycles. The molecular weight excluding hydrogens is 523 g/mol. The van der Waals surface area contributed by atoms with Crippen LogP contribution in [0.5, 0.6) is 5.88 Å². The van der Waals surface area contributed by atoms with Crippen LogP contribution in [0.3, 0.4) is 0 Å². The second-order valence-electron chi connectivity index (χ2n) is 6.48. The first-order valence-electron chi connectivity index (χ1n) is 9.41. The molecule has 1 aliphatic heterocycles. The third-order valence-corrected chi connectivity index (χ3v) is 6.34. The van der Waals surface area contributed by atoms with E-state index in [9.17, 15) is 8.42 Å². The Labute approximate surface area is 193 Å². The lowest BCUT2D eigenvalue weighted by molar-refractivity contribution is 0.259. The van der Waals surface area contributed by atoms with Crippen LogP contribution in [0.2, 0.25) is 0 Å². The lowest BCUT2D eigenvalue weighted by Gasteiger charge is -2.35. The summed E-state index contributed by atoms with van der Waals surface area (Å²) in [5.41, 5.74) is 1.30. The lowest BCUT2D eigenvalue weighted by Crippen LogP contribution is -2.53. The van der Waals surface area contributed by atoms with Crippen molar-refractivity contribution in [1.82, 2.24) is 24.7 Å². The molecule has 0 atom stereocenters. The second kappa shape index (κ2) is 11.5. The first kappa shape index (κ1) is 24.3. The molecule has 0 unspecified atom stereocenters. The molecule has 0 aromatic carbocycles. The number of halogens is 1. The van der Waals surface area contributed by atoms with Gasteiger partial charge in [0.25, 0.3) is 0 Å². The third kappa shape index (κ3) is 6.28. The minimum absolute atomic E-state index is 0. The van der Waals surface area contributed by atoms with Crippen LogP contribution in [-0.2, 0) is 22.3 Å². The number of guanidine groups is 1. The summed E-state index contributed by atoms with van der Waals surface area (Å²) in [6, 6.07) is 5.34. The highest BCUT2D eigenvalue weighted by Crippen LogP contribution is 2.16. The fourth-order valence-corrected chi connectivity index (χ4v) is 4.51. The maximum absolute atomic E-state index is 12.6. The van der Waals surface area contributed by atoms with Gasteiger partial charge in [-0.15, -0.1) is 24.0 Å². The predicted octanol–water partition coefficient (Wildman–Crippen LogP) is 1.31. The zero-order chi connectivity index (χ0) is 20.7. The molecule has 2 aromatic heterocycles. The first-order chi connectivity index (χ1) is 14.0. The molecule has 0 spiro atoms. The fourth-order valence-electron chi connectivity index (χ4n) is 3.08. The Balaban J connectivity index is 0.00000320. The molecule has 0 saturated carbocycles. The number of sulfonamides is 1. The summed E-state index contributed by atoms with van der Waals surface area (Å²) >= 11 is 0. The highest BCUT2D eigenvalue weighted by molar-refractivity contribution is 14.0. The largest absolute Gasteiger partial charge is 0.481 e. The summed E-state index contributed by atoms with van der Waals surface area (Å²) in [6.45, 7) is 5.01. The zero-order valence-electron chi connectivity index (χ0n) is 17.0. The van der Waals surface area contributed by atoms with E-state index >= 15 is 0 Å². The molecule has 1 aliphatic rings. The van der Waals surface area contributed by atoms with Gasteiger partial charge in [-0.1, -0.05) is 11.2 Å². The van der Waals surface area contributed by atoms with E-state index in [0.29, 0.717) is 50.8 Å². The fraction of sp³-hybridized carbons (Fsp3) is 0.500. The van der Waals surface area contributed by atoms with E-state index in [1.807, 2.05) is 19.1 Å². The van der Waals surface area contributed by atoms with Crippen LogP contribution in [0.15, 0.2) is 40.2 Å². The van der Waals surface area contributed by atoms with Gasteiger partial charge in [0.15, 0.2) is 5.96 Å². The van der Waals surface area contributed by atoms with Gasteiger partial charge in [-0.3, -0.25) is 0 Å². The molecular formula is C18H27IN6O4S. The minimum atomic E-state index is -3.43. The monoisotopic (exact) mass is 550 g/mol. The van der Waals surface area contributed by atoms with Crippen molar-refractivity contribution in [3.8, 4) is 5.88 Å². The predicted molar refractivity (Wildman–Crippen MR) is 123 cm³/mol. The van der Waals surface area contributed by atoms with E-state index in [0.717, 1.165) is 11.5 Å². The highest BCUT2D eigenvalue weighted by Gasteiger charge is 2.29. The molecule has 166 valence electrons. The van der Waals surface area contributed by atoms with Gasteiger partial charge in [0.05, 0.1) is 19.3 Å². The number of hydrogen-bond acceptors (Lipinski definition) is 7. The smallest absolute Gasteiger partial charge is 0.220 e. The summed E-state index contributed by atoms with van der Waals surface area (Å²) < 4.78 is 36.7. The number of methoxy groups -OCH3 is 1. The Morgan fingerprint density at radius 1 is 1.30 bits per heavy atom. The molecule has 0 radical (unpaired) electrons. The maximum atomic E-state index is 12.6. The molecule has 0 aliphatic carbocycles.